The van der Waals surface area contributed by atoms with E-state index in [2.05, 4.69) is 5.10 Å². The smallest absolute Gasteiger partial charge is 0.358 e. The number of benzene rings is 1. The number of sulfonamides is 1. The topological polar surface area (TPSA) is 120 Å². The Hall–Kier alpha value is -2.24. The van der Waals surface area contributed by atoms with E-state index in [9.17, 15) is 18.0 Å². The van der Waals surface area contributed by atoms with Crippen molar-refractivity contribution in [1.29, 1.82) is 0 Å². The Morgan fingerprint density at radius 3 is 2.06 bits per heavy atom. The molecule has 1 unspecified atom stereocenters. The fraction of sp³-hybridized carbons (Fsp3) is 0.571. The number of hydrogen-bond acceptors (Lipinski definition) is 8. The predicted octanol–water partition coefficient (Wildman–Crippen LogP) is 3.15. The van der Waals surface area contributed by atoms with Gasteiger partial charge in [-0.3, -0.25) is 0 Å². The van der Waals surface area contributed by atoms with Crippen LogP contribution in [0.2, 0.25) is 18.1 Å². The molecule has 0 fully saturated rings. The van der Waals surface area contributed by atoms with Crippen LogP contribution in [0.1, 0.15) is 40.2 Å². The van der Waals surface area contributed by atoms with Crippen molar-refractivity contribution in [3.8, 4) is 0 Å². The van der Waals surface area contributed by atoms with Gasteiger partial charge < -0.3 is 13.9 Å². The Bertz CT molecular complexity index is 967. The number of nitrogens with zero attached hydrogens (tertiary/aromatic N) is 1. The monoisotopic (exact) mass is 486 g/mol. The van der Waals surface area contributed by atoms with Gasteiger partial charge in [0.05, 0.1) is 18.6 Å². The van der Waals surface area contributed by atoms with Crippen LogP contribution in [0.4, 0.5) is 0 Å². The Morgan fingerprint density at radius 1 is 1.09 bits per heavy atom. The molecule has 1 atom stereocenters. The number of hydrazone groups is 1. The largest absolute Gasteiger partial charge is 0.467 e. The molecule has 0 aliphatic heterocycles. The summed E-state index contributed by atoms with van der Waals surface area (Å²) < 4.78 is 41.7. The second-order valence-corrected chi connectivity index (χ2v) is 15.4. The quantitative estimate of drug-likeness (QED) is 0.246. The van der Waals surface area contributed by atoms with Crippen molar-refractivity contribution in [2.45, 2.75) is 70.2 Å². The highest BCUT2D eigenvalue weighted by Gasteiger charge is 2.52. The highest BCUT2D eigenvalue weighted by molar-refractivity contribution is 7.89. The van der Waals surface area contributed by atoms with Gasteiger partial charge >= 0.3 is 11.9 Å². The van der Waals surface area contributed by atoms with E-state index in [-0.39, 0.29) is 16.5 Å². The van der Waals surface area contributed by atoms with Crippen LogP contribution in [-0.2, 0) is 33.5 Å². The van der Waals surface area contributed by atoms with Crippen LogP contribution in [0.25, 0.3) is 0 Å². The first-order chi connectivity index (χ1) is 14.5. The summed E-state index contributed by atoms with van der Waals surface area (Å²) in [5.41, 5.74) is -1.67. The van der Waals surface area contributed by atoms with Crippen LogP contribution < -0.4 is 4.83 Å². The lowest BCUT2D eigenvalue weighted by molar-refractivity contribution is -0.154. The van der Waals surface area contributed by atoms with Crippen LogP contribution in [0.5, 0.6) is 0 Å². The number of esters is 2. The number of carbonyl (C=O) groups is 2. The van der Waals surface area contributed by atoms with Gasteiger partial charge in [0.25, 0.3) is 10.0 Å². The fourth-order valence-electron chi connectivity index (χ4n) is 2.47. The van der Waals surface area contributed by atoms with Crippen molar-refractivity contribution in [2.75, 3.05) is 13.7 Å². The number of carbonyl (C=O) groups excluding carboxylic acids is 2. The summed E-state index contributed by atoms with van der Waals surface area (Å²) in [7, 11) is -5.64. The number of ether oxygens (including phenoxy) is 2. The molecule has 1 rings (SSSR count). The molecule has 0 amide bonds. The van der Waals surface area contributed by atoms with E-state index in [1.54, 1.807) is 19.1 Å². The number of methoxy groups -OCH3 is 1. The molecule has 32 heavy (non-hydrogen) atoms. The van der Waals surface area contributed by atoms with E-state index in [1.807, 2.05) is 45.6 Å². The van der Waals surface area contributed by atoms with Gasteiger partial charge in [-0.2, -0.15) is 18.4 Å². The average Bonchev–Trinajstić information content (AvgIpc) is 2.66. The van der Waals surface area contributed by atoms with Crippen LogP contribution >= 0.6 is 0 Å². The van der Waals surface area contributed by atoms with Crippen LogP contribution in [0.15, 0.2) is 34.3 Å². The highest BCUT2D eigenvalue weighted by atomic mass is 32.2. The summed E-state index contributed by atoms with van der Waals surface area (Å²) in [6, 6.07) is 6.07. The molecular weight excluding hydrogens is 452 g/mol. The minimum Gasteiger partial charge on any atom is -0.467 e. The van der Waals surface area contributed by atoms with Gasteiger partial charge in [0.15, 0.2) is 14.0 Å². The maximum absolute atomic E-state index is 12.8. The summed E-state index contributed by atoms with van der Waals surface area (Å²) in [5.74, 6) is -1.89. The van der Waals surface area contributed by atoms with Gasteiger partial charge in [0.2, 0.25) is 5.60 Å². The summed E-state index contributed by atoms with van der Waals surface area (Å²) in [4.78, 5) is 27.6. The average molecular weight is 487 g/mol. The third kappa shape index (κ3) is 6.39. The van der Waals surface area contributed by atoms with Gasteiger partial charge in [-0.1, -0.05) is 38.5 Å². The first-order valence-corrected chi connectivity index (χ1v) is 14.5. The predicted molar refractivity (Wildman–Crippen MR) is 124 cm³/mol. The lowest BCUT2D eigenvalue weighted by Gasteiger charge is -2.42. The molecule has 180 valence electrons. The number of nitrogens with one attached hydrogen (secondary N) is 1. The van der Waals surface area contributed by atoms with Gasteiger partial charge in [-0.15, -0.1) is 0 Å². The van der Waals surface area contributed by atoms with Gasteiger partial charge in [0, 0.05) is 0 Å². The maximum atomic E-state index is 12.8. The van der Waals surface area contributed by atoms with Crippen LogP contribution in [0, 0.1) is 6.92 Å². The van der Waals surface area contributed by atoms with E-state index >= 15 is 0 Å². The Morgan fingerprint density at radius 2 is 1.62 bits per heavy atom. The van der Waals surface area contributed by atoms with E-state index in [0.717, 1.165) is 12.7 Å². The van der Waals surface area contributed by atoms with Gasteiger partial charge in [0.1, 0.15) is 0 Å². The zero-order chi connectivity index (χ0) is 25.0. The van der Waals surface area contributed by atoms with E-state index in [0.29, 0.717) is 0 Å². The molecular formula is C21H34N2O7SSi. The Balaban J connectivity index is 3.58. The van der Waals surface area contributed by atoms with Crippen molar-refractivity contribution in [3.05, 3.63) is 29.8 Å². The third-order valence-corrected chi connectivity index (χ3v) is 11.1. The van der Waals surface area contributed by atoms with E-state index in [1.165, 1.54) is 19.1 Å². The van der Waals surface area contributed by atoms with E-state index < -0.39 is 41.6 Å². The molecule has 0 radical (unpaired) electrons. The van der Waals surface area contributed by atoms with Crippen LogP contribution in [0.3, 0.4) is 0 Å². The van der Waals surface area contributed by atoms with Crippen molar-refractivity contribution in [2.24, 2.45) is 5.10 Å². The summed E-state index contributed by atoms with van der Waals surface area (Å²) in [6.07, 6.45) is 0. The zero-order valence-corrected chi connectivity index (χ0v) is 22.0. The van der Waals surface area contributed by atoms with Crippen molar-refractivity contribution in [1.82, 2.24) is 4.83 Å². The second kappa shape index (κ2) is 10.1. The van der Waals surface area contributed by atoms with Crippen molar-refractivity contribution >= 4 is 36.0 Å². The van der Waals surface area contributed by atoms with Crippen LogP contribution in [-0.4, -0.2) is 53.7 Å². The molecule has 1 N–H and O–H groups in total. The Kier molecular flexibility index (Phi) is 8.80. The fourth-order valence-corrected chi connectivity index (χ4v) is 4.79. The molecule has 0 aromatic heterocycles. The highest BCUT2D eigenvalue weighted by Crippen LogP contribution is 2.40. The molecule has 11 heteroatoms. The third-order valence-electron chi connectivity index (χ3n) is 5.37. The lowest BCUT2D eigenvalue weighted by atomic mass is 10.0. The SMILES string of the molecule is CCOC(=O)/C(=N\NS(=O)(=O)c1ccc(C)cc1)C(C)(O[Si](C)(C)C(C)(C)C)C(=O)OC. The molecule has 1 aromatic rings. The van der Waals surface area contributed by atoms with Crippen molar-refractivity contribution in [3.63, 3.8) is 0 Å². The molecule has 0 spiro atoms. The molecule has 0 heterocycles. The molecule has 0 bridgehead atoms. The first-order valence-electron chi connectivity index (χ1n) is 10.1. The summed E-state index contributed by atoms with van der Waals surface area (Å²) >= 11 is 0. The molecule has 0 saturated heterocycles. The zero-order valence-electron chi connectivity index (χ0n) is 20.2. The standard InChI is InChI=1S/C21H34N2O7SSi/c1-10-29-18(24)17(22-23-31(26,27)16-13-11-15(2)12-14-16)21(6,19(25)28-7)30-32(8,9)20(3,4)5/h11-14,23H,10H2,1-9H3/b22-17+. The molecule has 9 nitrogen and oxygen atoms in total. The maximum Gasteiger partial charge on any atom is 0.358 e. The summed E-state index contributed by atoms with van der Waals surface area (Å²) in [5, 5.41) is 3.49. The number of aryl methyl sites for hydroxylation is 1. The molecule has 0 saturated carbocycles. The number of rotatable bonds is 9. The Labute approximate surface area is 191 Å². The summed E-state index contributed by atoms with van der Waals surface area (Å²) in [6.45, 7) is 14.3. The normalized spacial score (nSPS) is 15.0. The molecule has 1 aromatic carbocycles. The molecule has 0 aliphatic carbocycles. The van der Waals surface area contributed by atoms with E-state index in [4.69, 9.17) is 13.9 Å². The van der Waals surface area contributed by atoms with Gasteiger partial charge in [-0.05, 0) is 51.0 Å². The second-order valence-electron chi connectivity index (χ2n) is 8.98. The first kappa shape index (κ1) is 27.8. The van der Waals surface area contributed by atoms with Gasteiger partial charge in [-0.25, -0.2) is 9.59 Å². The lowest BCUT2D eigenvalue weighted by Crippen LogP contribution is -2.59. The number of hydrogen-bond donors (Lipinski definition) is 1. The minimum absolute atomic E-state index is 0.0140. The molecule has 0 aliphatic rings. The minimum atomic E-state index is -4.13. The van der Waals surface area contributed by atoms with Crippen molar-refractivity contribution < 1.29 is 31.9 Å².